The van der Waals surface area contributed by atoms with Crippen molar-refractivity contribution in [3.05, 3.63) is 122 Å². The van der Waals surface area contributed by atoms with Crippen LogP contribution >= 0.6 is 7.82 Å². The van der Waals surface area contributed by atoms with Gasteiger partial charge < -0.3 is 24.6 Å². The first kappa shape index (κ1) is 47.4. The van der Waals surface area contributed by atoms with Crippen LogP contribution in [0.2, 0.25) is 0 Å². The molecule has 0 saturated heterocycles. The largest absolute Gasteiger partial charge is 0.472 e. The maximum atomic E-state index is 12.5. The number of carbonyl (C=O) groups excluding carboxylic acids is 2. The van der Waals surface area contributed by atoms with Crippen molar-refractivity contribution in [3.8, 4) is 0 Å². The van der Waals surface area contributed by atoms with Crippen LogP contribution in [0, 0.1) is 0 Å². The van der Waals surface area contributed by atoms with E-state index in [-0.39, 0.29) is 19.4 Å². The number of hydrogen-bond acceptors (Lipinski definition) is 9. The highest BCUT2D eigenvalue weighted by atomic mass is 31.2. The molecule has 0 fully saturated rings. The third kappa shape index (κ3) is 34.6. The highest BCUT2D eigenvalue weighted by Crippen LogP contribution is 2.43. The Bertz CT molecular complexity index is 1250. The third-order valence-electron chi connectivity index (χ3n) is 6.37. The fraction of sp³-hybridized carbons (Fsp3) is 0.450. The summed E-state index contributed by atoms with van der Waals surface area (Å²) < 4.78 is 32.4. The molecule has 0 radical (unpaired) electrons. The number of phosphoric acid groups is 1. The van der Waals surface area contributed by atoms with Gasteiger partial charge in [0.25, 0.3) is 0 Å². The fourth-order valence-electron chi connectivity index (χ4n) is 3.69. The Hall–Kier alpha value is -3.63. The van der Waals surface area contributed by atoms with Crippen LogP contribution < -0.4 is 0 Å². The van der Waals surface area contributed by atoms with E-state index in [9.17, 15) is 24.2 Å². The second kappa shape index (κ2) is 34.8. The second-order valence-electron chi connectivity index (χ2n) is 11.0. The van der Waals surface area contributed by atoms with Crippen molar-refractivity contribution < 1.29 is 47.8 Å². The molecule has 0 aromatic heterocycles. The van der Waals surface area contributed by atoms with Gasteiger partial charge in [0.1, 0.15) is 12.7 Å². The number of aliphatic hydroxyl groups excluding tert-OH is 2. The van der Waals surface area contributed by atoms with E-state index in [0.29, 0.717) is 19.3 Å². The lowest BCUT2D eigenvalue weighted by molar-refractivity contribution is -0.161. The van der Waals surface area contributed by atoms with E-state index in [2.05, 4.69) is 36.6 Å². The molecule has 0 rings (SSSR count). The van der Waals surface area contributed by atoms with Crippen LogP contribution in [-0.2, 0) is 32.7 Å². The van der Waals surface area contributed by atoms with E-state index in [4.69, 9.17) is 19.1 Å². The third-order valence-corrected chi connectivity index (χ3v) is 7.32. The van der Waals surface area contributed by atoms with Crippen molar-refractivity contribution in [3.63, 3.8) is 0 Å². The Balaban J connectivity index is 4.66. The zero-order valence-electron chi connectivity index (χ0n) is 30.2. The molecule has 0 saturated carbocycles. The topological polar surface area (TPSA) is 149 Å². The van der Waals surface area contributed by atoms with Crippen molar-refractivity contribution in [2.24, 2.45) is 0 Å². The van der Waals surface area contributed by atoms with E-state index in [0.717, 1.165) is 32.1 Å². The Labute approximate surface area is 305 Å². The highest BCUT2D eigenvalue weighted by Gasteiger charge is 2.27. The first-order valence-corrected chi connectivity index (χ1v) is 19.1. The Morgan fingerprint density at radius 3 is 1.55 bits per heavy atom. The minimum absolute atomic E-state index is 0.0691. The summed E-state index contributed by atoms with van der Waals surface area (Å²) in [6.45, 7) is 1.89. The number of aliphatic hydroxyl groups is 2. The number of rotatable bonds is 30. The smallest absolute Gasteiger partial charge is 0.462 e. The quantitative estimate of drug-likeness (QED) is 0.0285. The fourth-order valence-corrected chi connectivity index (χ4v) is 4.48. The Morgan fingerprint density at radius 1 is 0.588 bits per heavy atom. The number of carbonyl (C=O) groups is 2. The molecule has 0 aliphatic rings. The number of unbranched alkanes of at least 4 members (excludes halogenated alkanes) is 4. The number of ether oxygens (including phenoxy) is 2. The van der Waals surface area contributed by atoms with Gasteiger partial charge in [-0.3, -0.25) is 18.6 Å². The molecule has 0 spiro atoms. The minimum Gasteiger partial charge on any atom is -0.462 e. The lowest BCUT2D eigenvalue weighted by atomic mass is 10.1. The average Bonchev–Trinajstić information content (AvgIpc) is 3.12. The SMILES string of the molecule is CC/C=C/C=C/C=C/C=C/C=C/CCCCCC(=O)OCC(COP(=O)(O)OC[C@@H](O)CO)OC(=O)CCC/C=C/C=C/C=C/C=C/C=C/CC. The second-order valence-corrected chi connectivity index (χ2v) is 12.5. The number of phosphoric ester groups is 1. The zero-order valence-corrected chi connectivity index (χ0v) is 31.1. The molecule has 0 aliphatic heterocycles. The van der Waals surface area contributed by atoms with Crippen LogP contribution in [-0.4, -0.2) is 65.7 Å². The van der Waals surface area contributed by atoms with Gasteiger partial charge in [-0.05, 0) is 44.9 Å². The van der Waals surface area contributed by atoms with E-state index >= 15 is 0 Å². The minimum atomic E-state index is -4.65. The Morgan fingerprint density at radius 2 is 1.04 bits per heavy atom. The molecule has 3 atom stereocenters. The van der Waals surface area contributed by atoms with Crippen molar-refractivity contribution >= 4 is 19.8 Å². The summed E-state index contributed by atoms with van der Waals surface area (Å²) in [5.74, 6) is -1.08. The molecule has 0 aromatic carbocycles. The van der Waals surface area contributed by atoms with Gasteiger partial charge in [-0.1, -0.05) is 142 Å². The average molecular weight is 731 g/mol. The normalized spacial score (nSPS) is 15.5. The lowest BCUT2D eigenvalue weighted by Gasteiger charge is -2.20. The van der Waals surface area contributed by atoms with Crippen LogP contribution in [0.4, 0.5) is 0 Å². The first-order valence-electron chi connectivity index (χ1n) is 17.6. The van der Waals surface area contributed by atoms with Crippen LogP contribution in [0.5, 0.6) is 0 Å². The summed E-state index contributed by atoms with van der Waals surface area (Å²) in [5, 5.41) is 18.2. The van der Waals surface area contributed by atoms with E-state index in [1.165, 1.54) is 0 Å². The molecule has 0 heterocycles. The summed E-state index contributed by atoms with van der Waals surface area (Å²) in [7, 11) is -4.65. The molecule has 3 N–H and O–H groups in total. The van der Waals surface area contributed by atoms with Crippen LogP contribution in [0.3, 0.4) is 0 Å². The van der Waals surface area contributed by atoms with E-state index in [1.54, 1.807) is 0 Å². The van der Waals surface area contributed by atoms with Crippen molar-refractivity contribution in [2.75, 3.05) is 26.4 Å². The maximum absolute atomic E-state index is 12.5. The summed E-state index contributed by atoms with van der Waals surface area (Å²) in [6.07, 6.45) is 43.3. The summed E-state index contributed by atoms with van der Waals surface area (Å²) in [5.41, 5.74) is 0. The van der Waals surface area contributed by atoms with Crippen molar-refractivity contribution in [1.29, 1.82) is 0 Å². The summed E-state index contributed by atoms with van der Waals surface area (Å²) >= 11 is 0. The monoisotopic (exact) mass is 730 g/mol. The molecule has 0 aromatic rings. The van der Waals surface area contributed by atoms with E-state index < -0.39 is 51.8 Å². The van der Waals surface area contributed by atoms with Crippen molar-refractivity contribution in [1.82, 2.24) is 0 Å². The van der Waals surface area contributed by atoms with Gasteiger partial charge >= 0.3 is 19.8 Å². The van der Waals surface area contributed by atoms with Gasteiger partial charge in [0.15, 0.2) is 6.10 Å². The zero-order chi connectivity index (χ0) is 37.7. The van der Waals surface area contributed by atoms with Gasteiger partial charge in [0.2, 0.25) is 0 Å². The number of hydrogen-bond donors (Lipinski definition) is 3. The molecular weight excluding hydrogens is 671 g/mol. The van der Waals surface area contributed by atoms with Gasteiger partial charge in [-0.15, -0.1) is 0 Å². The molecule has 11 heteroatoms. The molecule has 0 bridgehead atoms. The van der Waals surface area contributed by atoms with Crippen LogP contribution in [0.25, 0.3) is 0 Å². The highest BCUT2D eigenvalue weighted by molar-refractivity contribution is 7.47. The predicted molar refractivity (Wildman–Crippen MR) is 205 cm³/mol. The maximum Gasteiger partial charge on any atom is 0.472 e. The van der Waals surface area contributed by atoms with E-state index in [1.807, 2.05) is 103 Å². The van der Waals surface area contributed by atoms with Crippen LogP contribution in [0.15, 0.2) is 122 Å². The predicted octanol–water partition coefficient (Wildman–Crippen LogP) is 8.43. The number of esters is 2. The molecule has 2 unspecified atom stereocenters. The number of allylic oxidation sites excluding steroid dienone is 20. The van der Waals surface area contributed by atoms with Gasteiger partial charge in [-0.2, -0.15) is 0 Å². The van der Waals surface area contributed by atoms with Gasteiger partial charge in [0, 0.05) is 12.8 Å². The lowest BCUT2D eigenvalue weighted by Crippen LogP contribution is -2.29. The molecule has 0 aliphatic carbocycles. The van der Waals surface area contributed by atoms with Crippen LogP contribution in [0.1, 0.15) is 78.1 Å². The van der Waals surface area contributed by atoms with Gasteiger partial charge in [0.05, 0.1) is 19.8 Å². The molecular formula is C40H59O10P. The molecule has 284 valence electrons. The summed E-state index contributed by atoms with van der Waals surface area (Å²) in [6, 6.07) is 0. The molecule has 0 amide bonds. The Kier molecular flexibility index (Phi) is 32.3. The van der Waals surface area contributed by atoms with Crippen molar-refractivity contribution in [2.45, 2.75) is 90.3 Å². The molecule has 51 heavy (non-hydrogen) atoms. The molecule has 10 nitrogen and oxygen atoms in total. The standard InChI is InChI=1S/C40H59O10P/c1-3-5-7-9-11-13-15-17-18-20-21-23-25-27-29-31-39(43)47-35-38(36-49-51(45,46)48-34-37(42)33-41)50-40(44)32-30-28-26-24-22-19-16-14-12-10-8-6-4-2/h5-22,24,26,37-38,41-42H,3-4,23,25,27-36H2,1-2H3,(H,45,46)/b7-5+,8-6+,11-9+,12-10+,15-13+,16-14+,18-17+,21-20+,22-19+,26-24+/t37-,38?/m0/s1. The summed E-state index contributed by atoms with van der Waals surface area (Å²) in [4.78, 5) is 34.7. The first-order chi connectivity index (χ1) is 24.7. The van der Waals surface area contributed by atoms with Gasteiger partial charge in [-0.25, -0.2) is 4.57 Å².